The van der Waals surface area contributed by atoms with Crippen LogP contribution < -0.4 is 15.8 Å². The lowest BCUT2D eigenvalue weighted by atomic mass is 9.95. The van der Waals surface area contributed by atoms with Gasteiger partial charge in [-0.05, 0) is 24.0 Å². The number of benzene rings is 1. The average molecular weight is 278 g/mol. The molecule has 0 aliphatic rings. The van der Waals surface area contributed by atoms with E-state index >= 15 is 0 Å². The summed E-state index contributed by atoms with van der Waals surface area (Å²) < 4.78 is 5.65. The van der Waals surface area contributed by atoms with Gasteiger partial charge in [-0.15, -0.1) is 0 Å². The molecule has 0 aromatic heterocycles. The lowest BCUT2D eigenvalue weighted by molar-refractivity contribution is -0.120. The van der Waals surface area contributed by atoms with E-state index in [9.17, 15) is 4.79 Å². The molecular weight excluding hydrogens is 252 g/mol. The Kier molecular flexibility index (Phi) is 6.52. The standard InChI is InChI=1S/C16H26N2O2/c1-11(2)10-20-14-7-5-6-13(8-14)18-16(19)15(9-17)12(3)4/h5-8,11-12,15H,9-10,17H2,1-4H3,(H,18,19). The summed E-state index contributed by atoms with van der Waals surface area (Å²) >= 11 is 0. The smallest absolute Gasteiger partial charge is 0.229 e. The van der Waals surface area contributed by atoms with Gasteiger partial charge in [0.2, 0.25) is 5.91 Å². The van der Waals surface area contributed by atoms with Crippen LogP contribution in [0.25, 0.3) is 0 Å². The van der Waals surface area contributed by atoms with Gasteiger partial charge < -0.3 is 15.8 Å². The number of rotatable bonds is 7. The molecule has 3 N–H and O–H groups in total. The normalized spacial score (nSPS) is 12.6. The molecule has 1 aromatic rings. The summed E-state index contributed by atoms with van der Waals surface area (Å²) in [7, 11) is 0. The first kappa shape index (κ1) is 16.5. The summed E-state index contributed by atoms with van der Waals surface area (Å²) in [5.74, 6) is 1.25. The van der Waals surface area contributed by atoms with Crippen LogP contribution in [0.5, 0.6) is 5.75 Å². The zero-order chi connectivity index (χ0) is 15.1. The lowest BCUT2D eigenvalue weighted by Crippen LogP contribution is -2.33. The van der Waals surface area contributed by atoms with Crippen molar-refractivity contribution in [3.63, 3.8) is 0 Å². The fraction of sp³-hybridized carbons (Fsp3) is 0.562. The lowest BCUT2D eigenvalue weighted by Gasteiger charge is -2.18. The molecular formula is C16H26N2O2. The van der Waals surface area contributed by atoms with Gasteiger partial charge in [-0.1, -0.05) is 33.8 Å². The van der Waals surface area contributed by atoms with E-state index in [-0.39, 0.29) is 17.7 Å². The zero-order valence-electron chi connectivity index (χ0n) is 12.8. The van der Waals surface area contributed by atoms with E-state index in [4.69, 9.17) is 10.5 Å². The maximum Gasteiger partial charge on any atom is 0.229 e. The van der Waals surface area contributed by atoms with Gasteiger partial charge in [0.15, 0.2) is 0 Å². The number of ether oxygens (including phenoxy) is 1. The van der Waals surface area contributed by atoms with Gasteiger partial charge in [-0.3, -0.25) is 4.79 Å². The Morgan fingerprint density at radius 1 is 1.30 bits per heavy atom. The van der Waals surface area contributed by atoms with Crippen molar-refractivity contribution in [1.82, 2.24) is 0 Å². The predicted molar refractivity (Wildman–Crippen MR) is 82.8 cm³/mol. The fourth-order valence-corrected chi connectivity index (χ4v) is 1.84. The van der Waals surface area contributed by atoms with Gasteiger partial charge in [-0.25, -0.2) is 0 Å². The SMILES string of the molecule is CC(C)COc1cccc(NC(=O)C(CN)C(C)C)c1. The molecule has 1 atom stereocenters. The Morgan fingerprint density at radius 3 is 2.55 bits per heavy atom. The second-order valence-corrected chi connectivity index (χ2v) is 5.81. The molecule has 0 saturated heterocycles. The summed E-state index contributed by atoms with van der Waals surface area (Å²) in [4.78, 5) is 12.1. The number of carbonyl (C=O) groups excluding carboxylic acids is 1. The molecule has 20 heavy (non-hydrogen) atoms. The first-order valence-corrected chi connectivity index (χ1v) is 7.17. The van der Waals surface area contributed by atoms with Crippen LogP contribution >= 0.6 is 0 Å². The van der Waals surface area contributed by atoms with Crippen LogP contribution in [0.2, 0.25) is 0 Å². The highest BCUT2D eigenvalue weighted by atomic mass is 16.5. The third kappa shape index (κ3) is 5.21. The minimum Gasteiger partial charge on any atom is -0.493 e. The van der Waals surface area contributed by atoms with Crippen LogP contribution in [0.15, 0.2) is 24.3 Å². The number of amides is 1. The van der Waals surface area contributed by atoms with E-state index in [2.05, 4.69) is 19.2 Å². The highest BCUT2D eigenvalue weighted by Crippen LogP contribution is 2.20. The number of carbonyl (C=O) groups is 1. The molecule has 0 bridgehead atoms. The monoisotopic (exact) mass is 278 g/mol. The number of hydrogen-bond acceptors (Lipinski definition) is 3. The van der Waals surface area contributed by atoms with Crippen molar-refractivity contribution in [2.24, 2.45) is 23.5 Å². The Hall–Kier alpha value is -1.55. The van der Waals surface area contributed by atoms with Crippen molar-refractivity contribution in [3.8, 4) is 5.75 Å². The van der Waals surface area contributed by atoms with Crippen molar-refractivity contribution in [3.05, 3.63) is 24.3 Å². The summed E-state index contributed by atoms with van der Waals surface area (Å²) in [6.45, 7) is 9.21. The van der Waals surface area contributed by atoms with Crippen molar-refractivity contribution < 1.29 is 9.53 Å². The predicted octanol–water partition coefficient (Wildman–Crippen LogP) is 2.89. The van der Waals surface area contributed by atoms with Crippen LogP contribution in [0, 0.1) is 17.8 Å². The van der Waals surface area contributed by atoms with E-state index in [1.807, 2.05) is 38.1 Å². The van der Waals surface area contributed by atoms with E-state index in [0.717, 1.165) is 11.4 Å². The molecule has 112 valence electrons. The minimum atomic E-state index is -0.171. The molecule has 0 fully saturated rings. The van der Waals surface area contributed by atoms with Gasteiger partial charge in [0.25, 0.3) is 0 Å². The van der Waals surface area contributed by atoms with Crippen molar-refractivity contribution in [2.75, 3.05) is 18.5 Å². The van der Waals surface area contributed by atoms with Crippen molar-refractivity contribution in [2.45, 2.75) is 27.7 Å². The Balaban J connectivity index is 2.68. The van der Waals surface area contributed by atoms with Crippen LogP contribution in [0.4, 0.5) is 5.69 Å². The summed E-state index contributed by atoms with van der Waals surface area (Å²) in [6, 6.07) is 7.46. The van der Waals surface area contributed by atoms with Crippen molar-refractivity contribution >= 4 is 11.6 Å². The van der Waals surface area contributed by atoms with Crippen LogP contribution in [-0.2, 0) is 4.79 Å². The average Bonchev–Trinajstić information content (AvgIpc) is 2.37. The second-order valence-electron chi connectivity index (χ2n) is 5.81. The van der Waals surface area contributed by atoms with Crippen LogP contribution in [0.3, 0.4) is 0 Å². The Labute approximate surface area is 121 Å². The third-order valence-corrected chi connectivity index (χ3v) is 3.08. The largest absolute Gasteiger partial charge is 0.493 e. The first-order valence-electron chi connectivity index (χ1n) is 7.17. The van der Waals surface area contributed by atoms with E-state index in [1.165, 1.54) is 0 Å². The van der Waals surface area contributed by atoms with Crippen molar-refractivity contribution in [1.29, 1.82) is 0 Å². The van der Waals surface area contributed by atoms with E-state index < -0.39 is 0 Å². The van der Waals surface area contributed by atoms with Gasteiger partial charge >= 0.3 is 0 Å². The van der Waals surface area contributed by atoms with E-state index in [1.54, 1.807) is 0 Å². The van der Waals surface area contributed by atoms with Gasteiger partial charge in [0.1, 0.15) is 5.75 Å². The molecule has 0 aliphatic heterocycles. The maximum absolute atomic E-state index is 12.1. The fourth-order valence-electron chi connectivity index (χ4n) is 1.84. The van der Waals surface area contributed by atoms with E-state index in [0.29, 0.717) is 19.1 Å². The third-order valence-electron chi connectivity index (χ3n) is 3.08. The highest BCUT2D eigenvalue weighted by molar-refractivity contribution is 5.93. The zero-order valence-corrected chi connectivity index (χ0v) is 12.8. The molecule has 1 unspecified atom stereocenters. The molecule has 0 spiro atoms. The molecule has 1 aromatic carbocycles. The van der Waals surface area contributed by atoms with Gasteiger partial charge in [0.05, 0.1) is 12.5 Å². The minimum absolute atomic E-state index is 0.0384. The van der Waals surface area contributed by atoms with Gasteiger partial charge in [-0.2, -0.15) is 0 Å². The number of nitrogens with two attached hydrogens (primary N) is 1. The summed E-state index contributed by atoms with van der Waals surface area (Å²) in [5, 5.41) is 2.90. The molecule has 4 heteroatoms. The molecule has 0 heterocycles. The number of nitrogens with one attached hydrogen (secondary N) is 1. The quantitative estimate of drug-likeness (QED) is 0.806. The summed E-state index contributed by atoms with van der Waals surface area (Å²) in [6.07, 6.45) is 0. The molecule has 0 saturated carbocycles. The molecule has 4 nitrogen and oxygen atoms in total. The van der Waals surface area contributed by atoms with Crippen LogP contribution in [0.1, 0.15) is 27.7 Å². The van der Waals surface area contributed by atoms with Crippen LogP contribution in [-0.4, -0.2) is 19.1 Å². The Morgan fingerprint density at radius 2 is 2.00 bits per heavy atom. The molecule has 1 rings (SSSR count). The Bertz CT molecular complexity index is 430. The topological polar surface area (TPSA) is 64.3 Å². The van der Waals surface area contributed by atoms with Gasteiger partial charge in [0, 0.05) is 18.3 Å². The molecule has 1 amide bonds. The maximum atomic E-state index is 12.1. The molecule has 0 aliphatic carbocycles. The summed E-state index contributed by atoms with van der Waals surface area (Å²) in [5.41, 5.74) is 6.40. The molecule has 0 radical (unpaired) electrons. The second kappa shape index (κ2) is 7.90. The number of hydrogen-bond donors (Lipinski definition) is 2. The number of anilines is 1. The first-order chi connectivity index (χ1) is 9.43. The highest BCUT2D eigenvalue weighted by Gasteiger charge is 2.20.